The minimum absolute atomic E-state index is 0.0152. The van der Waals surface area contributed by atoms with Crippen LogP contribution in [0.15, 0.2) is 53.1 Å². The van der Waals surface area contributed by atoms with Crippen molar-refractivity contribution < 1.29 is 23.6 Å². The quantitative estimate of drug-likeness (QED) is 0.539. The van der Waals surface area contributed by atoms with E-state index in [1.54, 1.807) is 19.9 Å². The third-order valence-electron chi connectivity index (χ3n) is 4.85. The first-order valence-electron chi connectivity index (χ1n) is 10.0. The van der Waals surface area contributed by atoms with Crippen molar-refractivity contribution in [3.63, 3.8) is 0 Å². The van der Waals surface area contributed by atoms with Gasteiger partial charge in [-0.3, -0.25) is 9.59 Å². The first-order chi connectivity index (χ1) is 14.9. The lowest BCUT2D eigenvalue weighted by atomic mass is 10.0. The van der Waals surface area contributed by atoms with E-state index in [-0.39, 0.29) is 30.5 Å². The maximum Gasteiger partial charge on any atom is 0.328 e. The van der Waals surface area contributed by atoms with Crippen LogP contribution < -0.4 is 10.6 Å². The summed E-state index contributed by atoms with van der Waals surface area (Å²) in [5, 5.41) is 11.2. The number of hydrogen-bond acceptors (Lipinski definition) is 6. The molecule has 0 spiro atoms. The van der Waals surface area contributed by atoms with Crippen LogP contribution in [-0.2, 0) is 14.3 Å². The second-order valence-corrected chi connectivity index (χ2v) is 7.46. The number of hydrogen-bond donors (Lipinski definition) is 2. The Morgan fingerprint density at radius 1 is 1.06 bits per heavy atom. The van der Waals surface area contributed by atoms with Gasteiger partial charge in [0, 0.05) is 24.6 Å². The standard InChI is InChI=1S/C23H25N3O5/c1-14(2)21(23(29)30-3)25-20(27)10-11-24-22(28)18-13-19(31-26-18)17-9-8-15-6-4-5-7-16(15)12-17/h4-9,12-14,21H,10-11H2,1-3H3,(H,24,28)(H,25,27). The van der Waals surface area contributed by atoms with Crippen LogP contribution in [0.1, 0.15) is 30.8 Å². The molecule has 0 aliphatic carbocycles. The molecule has 2 aromatic carbocycles. The lowest BCUT2D eigenvalue weighted by molar-refractivity contribution is -0.146. The summed E-state index contributed by atoms with van der Waals surface area (Å²) in [5.41, 5.74) is 0.936. The molecule has 1 atom stereocenters. The van der Waals surface area contributed by atoms with Crippen molar-refractivity contribution in [2.24, 2.45) is 5.92 Å². The van der Waals surface area contributed by atoms with Gasteiger partial charge >= 0.3 is 5.97 Å². The molecule has 0 radical (unpaired) electrons. The predicted molar refractivity (Wildman–Crippen MR) is 115 cm³/mol. The molecule has 162 valence electrons. The average molecular weight is 423 g/mol. The number of amides is 2. The van der Waals surface area contributed by atoms with Crippen molar-refractivity contribution in [1.29, 1.82) is 0 Å². The normalized spacial score (nSPS) is 11.9. The third kappa shape index (κ3) is 5.48. The number of esters is 1. The first-order valence-corrected chi connectivity index (χ1v) is 10.0. The van der Waals surface area contributed by atoms with E-state index in [4.69, 9.17) is 9.26 Å². The van der Waals surface area contributed by atoms with Crippen LogP contribution in [0.2, 0.25) is 0 Å². The lowest BCUT2D eigenvalue weighted by Gasteiger charge is -2.19. The van der Waals surface area contributed by atoms with Crippen LogP contribution in [0.4, 0.5) is 0 Å². The number of benzene rings is 2. The molecular formula is C23H25N3O5. The molecule has 0 saturated carbocycles. The smallest absolute Gasteiger partial charge is 0.328 e. The van der Waals surface area contributed by atoms with Gasteiger partial charge in [0.1, 0.15) is 6.04 Å². The summed E-state index contributed by atoms with van der Waals surface area (Å²) in [5.74, 6) is -0.948. The summed E-state index contributed by atoms with van der Waals surface area (Å²) in [6, 6.07) is 14.6. The second kappa shape index (κ2) is 9.88. The third-order valence-corrected chi connectivity index (χ3v) is 4.85. The molecule has 8 nitrogen and oxygen atoms in total. The number of aromatic nitrogens is 1. The van der Waals surface area contributed by atoms with Crippen molar-refractivity contribution in [2.75, 3.05) is 13.7 Å². The molecule has 1 heterocycles. The number of carbonyl (C=O) groups is 3. The van der Waals surface area contributed by atoms with Crippen molar-refractivity contribution in [1.82, 2.24) is 15.8 Å². The van der Waals surface area contributed by atoms with E-state index in [1.165, 1.54) is 7.11 Å². The van der Waals surface area contributed by atoms with E-state index in [0.29, 0.717) is 5.76 Å². The fraction of sp³-hybridized carbons (Fsp3) is 0.304. The molecule has 3 aromatic rings. The van der Waals surface area contributed by atoms with Gasteiger partial charge in [0.05, 0.1) is 7.11 Å². The fourth-order valence-corrected chi connectivity index (χ4v) is 3.11. The Bertz CT molecular complexity index is 1090. The molecule has 1 aromatic heterocycles. The molecule has 1 unspecified atom stereocenters. The van der Waals surface area contributed by atoms with Crippen LogP contribution in [0.25, 0.3) is 22.1 Å². The molecule has 0 bridgehead atoms. The lowest BCUT2D eigenvalue weighted by Crippen LogP contribution is -2.45. The van der Waals surface area contributed by atoms with Crippen molar-refractivity contribution in [3.05, 3.63) is 54.2 Å². The van der Waals surface area contributed by atoms with E-state index < -0.39 is 17.9 Å². The number of methoxy groups -OCH3 is 1. The van der Waals surface area contributed by atoms with E-state index in [2.05, 4.69) is 15.8 Å². The van der Waals surface area contributed by atoms with E-state index in [9.17, 15) is 14.4 Å². The van der Waals surface area contributed by atoms with Gasteiger partial charge in [-0.05, 0) is 22.8 Å². The number of carbonyl (C=O) groups excluding carboxylic acids is 3. The number of nitrogens with one attached hydrogen (secondary N) is 2. The van der Waals surface area contributed by atoms with Crippen molar-refractivity contribution >= 4 is 28.6 Å². The highest BCUT2D eigenvalue weighted by atomic mass is 16.5. The SMILES string of the molecule is COC(=O)C(NC(=O)CCNC(=O)c1cc(-c2ccc3ccccc3c2)on1)C(C)C. The molecule has 0 fully saturated rings. The summed E-state index contributed by atoms with van der Waals surface area (Å²) in [6.07, 6.45) is 0.0152. The van der Waals surface area contributed by atoms with Crippen LogP contribution in [0.5, 0.6) is 0 Å². The first kappa shape index (κ1) is 22.0. The van der Waals surface area contributed by atoms with Gasteiger partial charge in [-0.15, -0.1) is 0 Å². The molecule has 0 aliphatic rings. The Kier molecular flexibility index (Phi) is 7.02. The average Bonchev–Trinajstić information content (AvgIpc) is 3.27. The van der Waals surface area contributed by atoms with Gasteiger partial charge in [-0.25, -0.2) is 4.79 Å². The maximum absolute atomic E-state index is 12.3. The molecular weight excluding hydrogens is 398 g/mol. The summed E-state index contributed by atoms with van der Waals surface area (Å²) in [4.78, 5) is 36.1. The largest absolute Gasteiger partial charge is 0.467 e. The molecule has 0 aliphatic heterocycles. The summed E-state index contributed by atoms with van der Waals surface area (Å²) in [7, 11) is 1.27. The minimum Gasteiger partial charge on any atom is -0.467 e. The predicted octanol–water partition coefficient (Wildman–Crippen LogP) is 2.93. The second-order valence-electron chi connectivity index (χ2n) is 7.46. The Morgan fingerprint density at radius 3 is 2.52 bits per heavy atom. The number of rotatable bonds is 8. The molecule has 2 amide bonds. The van der Waals surface area contributed by atoms with E-state index in [0.717, 1.165) is 16.3 Å². The Balaban J connectivity index is 1.55. The zero-order valence-electron chi connectivity index (χ0n) is 17.7. The number of ether oxygens (including phenoxy) is 1. The van der Waals surface area contributed by atoms with Gasteiger partial charge in [-0.2, -0.15) is 0 Å². The van der Waals surface area contributed by atoms with Gasteiger partial charge in [0.2, 0.25) is 5.91 Å². The fourth-order valence-electron chi connectivity index (χ4n) is 3.11. The maximum atomic E-state index is 12.3. The molecule has 0 saturated heterocycles. The van der Waals surface area contributed by atoms with E-state index in [1.807, 2.05) is 42.5 Å². The molecule has 2 N–H and O–H groups in total. The Hall–Kier alpha value is -3.68. The molecule has 3 rings (SSSR count). The van der Waals surface area contributed by atoms with Crippen molar-refractivity contribution in [2.45, 2.75) is 26.3 Å². The van der Waals surface area contributed by atoms with Crippen LogP contribution in [-0.4, -0.2) is 42.6 Å². The van der Waals surface area contributed by atoms with Gasteiger partial charge in [-0.1, -0.05) is 55.4 Å². The highest BCUT2D eigenvalue weighted by molar-refractivity contribution is 5.94. The molecule has 8 heteroatoms. The van der Waals surface area contributed by atoms with E-state index >= 15 is 0 Å². The highest BCUT2D eigenvalue weighted by Crippen LogP contribution is 2.25. The van der Waals surface area contributed by atoms with Crippen LogP contribution in [0.3, 0.4) is 0 Å². The molecule has 31 heavy (non-hydrogen) atoms. The van der Waals surface area contributed by atoms with Crippen LogP contribution in [0, 0.1) is 5.92 Å². The Morgan fingerprint density at radius 2 is 1.81 bits per heavy atom. The van der Waals surface area contributed by atoms with Crippen molar-refractivity contribution in [3.8, 4) is 11.3 Å². The summed E-state index contributed by atoms with van der Waals surface area (Å²) < 4.78 is 10.0. The van der Waals surface area contributed by atoms with Crippen LogP contribution >= 0.6 is 0 Å². The highest BCUT2D eigenvalue weighted by Gasteiger charge is 2.24. The minimum atomic E-state index is -0.728. The van der Waals surface area contributed by atoms with Gasteiger partial charge in [0.25, 0.3) is 5.91 Å². The zero-order valence-corrected chi connectivity index (χ0v) is 17.7. The van der Waals surface area contributed by atoms with Gasteiger partial charge in [0.15, 0.2) is 11.5 Å². The number of fused-ring (bicyclic) bond motifs is 1. The zero-order chi connectivity index (χ0) is 22.4. The van der Waals surface area contributed by atoms with Gasteiger partial charge < -0.3 is 19.9 Å². The topological polar surface area (TPSA) is 111 Å². The Labute approximate surface area is 179 Å². The monoisotopic (exact) mass is 423 g/mol. The summed E-state index contributed by atoms with van der Waals surface area (Å²) >= 11 is 0. The summed E-state index contributed by atoms with van der Waals surface area (Å²) in [6.45, 7) is 3.71. The number of nitrogens with zero attached hydrogens (tertiary/aromatic N) is 1.